The summed E-state index contributed by atoms with van der Waals surface area (Å²) in [5, 5.41) is 9.79. The number of ether oxygens (including phenoxy) is 1. The molecule has 1 unspecified atom stereocenters. The smallest absolute Gasteiger partial charge is 0.119 e. The van der Waals surface area contributed by atoms with E-state index in [9.17, 15) is 5.11 Å². The Hall–Kier alpha value is -1.06. The van der Waals surface area contributed by atoms with Gasteiger partial charge in [-0.05, 0) is 62.3 Å². The summed E-state index contributed by atoms with van der Waals surface area (Å²) in [7, 11) is 0. The SMILES string of the molecule is Cc1cc(OCCCCC(C)(O)CN)ccc1C(C)C. The lowest BCUT2D eigenvalue weighted by Gasteiger charge is -2.20. The molecule has 1 rings (SSSR count). The summed E-state index contributed by atoms with van der Waals surface area (Å²) < 4.78 is 5.76. The number of nitrogens with two attached hydrogens (primary N) is 1. The van der Waals surface area contributed by atoms with E-state index in [-0.39, 0.29) is 0 Å². The average molecular weight is 279 g/mol. The summed E-state index contributed by atoms with van der Waals surface area (Å²) >= 11 is 0. The molecule has 1 atom stereocenters. The lowest BCUT2D eigenvalue weighted by molar-refractivity contribution is 0.0562. The van der Waals surface area contributed by atoms with Crippen molar-refractivity contribution >= 4 is 0 Å². The first-order valence-corrected chi connectivity index (χ1v) is 7.51. The van der Waals surface area contributed by atoms with Crippen molar-refractivity contribution in [2.24, 2.45) is 5.73 Å². The van der Waals surface area contributed by atoms with Gasteiger partial charge in [-0.15, -0.1) is 0 Å². The summed E-state index contributed by atoms with van der Waals surface area (Å²) in [6.07, 6.45) is 2.58. The Bertz CT molecular complexity index is 413. The van der Waals surface area contributed by atoms with Crippen molar-refractivity contribution in [3.8, 4) is 5.75 Å². The fourth-order valence-corrected chi connectivity index (χ4v) is 2.29. The Kier molecular flexibility index (Phi) is 6.50. The van der Waals surface area contributed by atoms with E-state index < -0.39 is 5.60 Å². The van der Waals surface area contributed by atoms with Crippen LogP contribution in [-0.2, 0) is 0 Å². The van der Waals surface area contributed by atoms with Crippen LogP contribution in [0.2, 0.25) is 0 Å². The van der Waals surface area contributed by atoms with E-state index in [1.165, 1.54) is 11.1 Å². The molecule has 0 heterocycles. The number of aryl methyl sites for hydroxylation is 1. The second-order valence-corrected chi connectivity index (χ2v) is 6.18. The monoisotopic (exact) mass is 279 g/mol. The third-order valence-electron chi connectivity index (χ3n) is 3.68. The first-order chi connectivity index (χ1) is 9.35. The Balaban J connectivity index is 2.34. The summed E-state index contributed by atoms with van der Waals surface area (Å²) in [6.45, 7) is 9.30. The molecule has 0 aliphatic carbocycles. The van der Waals surface area contributed by atoms with Crippen LogP contribution in [0, 0.1) is 6.92 Å². The molecule has 0 aliphatic rings. The van der Waals surface area contributed by atoms with Gasteiger partial charge in [-0.25, -0.2) is 0 Å². The van der Waals surface area contributed by atoms with Gasteiger partial charge in [0.25, 0.3) is 0 Å². The van der Waals surface area contributed by atoms with Gasteiger partial charge in [0.2, 0.25) is 0 Å². The van der Waals surface area contributed by atoms with Crippen LogP contribution < -0.4 is 10.5 Å². The van der Waals surface area contributed by atoms with Crippen molar-refractivity contribution in [3.63, 3.8) is 0 Å². The van der Waals surface area contributed by atoms with Crippen molar-refractivity contribution in [2.45, 2.75) is 58.5 Å². The van der Waals surface area contributed by atoms with Crippen LogP contribution in [0.4, 0.5) is 0 Å². The fraction of sp³-hybridized carbons (Fsp3) is 0.647. The number of hydrogen-bond donors (Lipinski definition) is 2. The van der Waals surface area contributed by atoms with Gasteiger partial charge in [-0.1, -0.05) is 19.9 Å². The molecule has 3 heteroatoms. The molecule has 0 aromatic heterocycles. The highest BCUT2D eigenvalue weighted by molar-refractivity contribution is 5.36. The van der Waals surface area contributed by atoms with E-state index in [0.717, 1.165) is 25.0 Å². The first kappa shape index (κ1) is 17.0. The molecule has 3 N–H and O–H groups in total. The van der Waals surface area contributed by atoms with Gasteiger partial charge in [0, 0.05) is 6.54 Å². The van der Waals surface area contributed by atoms with Crippen LogP contribution >= 0.6 is 0 Å². The van der Waals surface area contributed by atoms with Crippen molar-refractivity contribution < 1.29 is 9.84 Å². The summed E-state index contributed by atoms with van der Waals surface area (Å²) in [6, 6.07) is 6.29. The zero-order chi connectivity index (χ0) is 15.2. The minimum absolute atomic E-state index is 0.309. The Morgan fingerprint density at radius 3 is 2.55 bits per heavy atom. The largest absolute Gasteiger partial charge is 0.494 e. The quantitative estimate of drug-likeness (QED) is 0.717. The van der Waals surface area contributed by atoms with Crippen LogP contribution in [0.5, 0.6) is 5.75 Å². The molecular formula is C17H29NO2. The molecule has 0 saturated carbocycles. The maximum Gasteiger partial charge on any atom is 0.119 e. The summed E-state index contributed by atoms with van der Waals surface area (Å²) in [5.74, 6) is 1.47. The van der Waals surface area contributed by atoms with Gasteiger partial charge in [0.15, 0.2) is 0 Å². The highest BCUT2D eigenvalue weighted by Crippen LogP contribution is 2.23. The Morgan fingerprint density at radius 2 is 2.00 bits per heavy atom. The van der Waals surface area contributed by atoms with Crippen molar-refractivity contribution in [1.82, 2.24) is 0 Å². The van der Waals surface area contributed by atoms with Crippen LogP contribution in [-0.4, -0.2) is 23.9 Å². The van der Waals surface area contributed by atoms with Gasteiger partial charge in [-0.3, -0.25) is 0 Å². The number of hydrogen-bond acceptors (Lipinski definition) is 3. The van der Waals surface area contributed by atoms with Gasteiger partial charge in [0.05, 0.1) is 12.2 Å². The van der Waals surface area contributed by atoms with Gasteiger partial charge >= 0.3 is 0 Å². The number of benzene rings is 1. The van der Waals surface area contributed by atoms with Gasteiger partial charge in [-0.2, -0.15) is 0 Å². The molecule has 114 valence electrons. The average Bonchev–Trinajstić information content (AvgIpc) is 2.38. The highest BCUT2D eigenvalue weighted by Gasteiger charge is 2.16. The molecule has 0 bridgehead atoms. The van der Waals surface area contributed by atoms with E-state index in [0.29, 0.717) is 19.1 Å². The maximum atomic E-state index is 9.79. The fourth-order valence-electron chi connectivity index (χ4n) is 2.29. The van der Waals surface area contributed by atoms with Gasteiger partial charge < -0.3 is 15.6 Å². The van der Waals surface area contributed by atoms with Crippen molar-refractivity contribution in [1.29, 1.82) is 0 Å². The van der Waals surface area contributed by atoms with Crippen LogP contribution in [0.25, 0.3) is 0 Å². The third-order valence-corrected chi connectivity index (χ3v) is 3.68. The minimum Gasteiger partial charge on any atom is -0.494 e. The molecule has 0 spiro atoms. The van der Waals surface area contributed by atoms with E-state index in [4.69, 9.17) is 10.5 Å². The standard InChI is InChI=1S/C17H29NO2/c1-13(2)16-8-7-15(11-14(16)3)20-10-6-5-9-17(4,19)12-18/h7-8,11,13,19H,5-6,9-10,12,18H2,1-4H3. The molecule has 0 amide bonds. The highest BCUT2D eigenvalue weighted by atomic mass is 16.5. The Labute approximate surface area is 123 Å². The molecular weight excluding hydrogens is 250 g/mol. The second-order valence-electron chi connectivity index (χ2n) is 6.18. The predicted octanol–water partition coefficient (Wildman–Crippen LogP) is 3.38. The van der Waals surface area contributed by atoms with Crippen molar-refractivity contribution in [2.75, 3.05) is 13.2 Å². The van der Waals surface area contributed by atoms with E-state index in [1.54, 1.807) is 6.92 Å². The second kappa shape index (κ2) is 7.65. The van der Waals surface area contributed by atoms with Crippen LogP contribution in [0.1, 0.15) is 57.1 Å². The zero-order valence-corrected chi connectivity index (χ0v) is 13.3. The molecule has 1 aromatic carbocycles. The summed E-state index contributed by atoms with van der Waals surface area (Å²) in [5.41, 5.74) is 7.40. The zero-order valence-electron chi connectivity index (χ0n) is 13.3. The number of aliphatic hydroxyl groups is 1. The molecule has 3 nitrogen and oxygen atoms in total. The van der Waals surface area contributed by atoms with E-state index >= 15 is 0 Å². The van der Waals surface area contributed by atoms with Gasteiger partial charge in [0.1, 0.15) is 5.75 Å². The lowest BCUT2D eigenvalue weighted by Crippen LogP contribution is -2.33. The van der Waals surface area contributed by atoms with E-state index in [2.05, 4.69) is 32.9 Å². The number of rotatable bonds is 8. The maximum absolute atomic E-state index is 9.79. The molecule has 20 heavy (non-hydrogen) atoms. The predicted molar refractivity (Wildman–Crippen MR) is 84.3 cm³/mol. The number of unbranched alkanes of at least 4 members (excludes halogenated alkanes) is 1. The van der Waals surface area contributed by atoms with Crippen molar-refractivity contribution in [3.05, 3.63) is 29.3 Å². The lowest BCUT2D eigenvalue weighted by atomic mass is 9.98. The minimum atomic E-state index is -0.741. The van der Waals surface area contributed by atoms with Crippen LogP contribution in [0.3, 0.4) is 0 Å². The normalized spacial score (nSPS) is 14.3. The molecule has 0 aliphatic heterocycles. The third kappa shape index (κ3) is 5.51. The molecule has 1 aromatic rings. The topological polar surface area (TPSA) is 55.5 Å². The molecule has 0 saturated heterocycles. The van der Waals surface area contributed by atoms with E-state index in [1.807, 2.05) is 6.07 Å². The summed E-state index contributed by atoms with van der Waals surface area (Å²) in [4.78, 5) is 0. The molecule has 0 radical (unpaired) electrons. The molecule has 0 fully saturated rings. The Morgan fingerprint density at radius 1 is 1.30 bits per heavy atom. The first-order valence-electron chi connectivity index (χ1n) is 7.51. The van der Waals surface area contributed by atoms with Crippen LogP contribution in [0.15, 0.2) is 18.2 Å².